The van der Waals surface area contributed by atoms with Gasteiger partial charge in [0.05, 0.1) is 16.7 Å². The van der Waals surface area contributed by atoms with Gasteiger partial charge in [-0.05, 0) is 33.8 Å². The maximum Gasteiger partial charge on any atom is 0.329 e. The number of nitro groups is 1. The minimum Gasteiger partial charge on any atom is -0.480 e. The molecule has 0 saturated carbocycles. The first-order valence-corrected chi connectivity index (χ1v) is 6.54. The number of carboxylic acid groups (broad SMARTS) is 1. The molecule has 1 aliphatic rings. The van der Waals surface area contributed by atoms with Crippen LogP contribution in [0.4, 0.5) is 11.4 Å². The molecule has 0 fully saturated rings. The van der Waals surface area contributed by atoms with E-state index < -0.39 is 27.9 Å². The lowest BCUT2D eigenvalue weighted by Crippen LogP contribution is -2.62. The smallest absolute Gasteiger partial charge is 0.329 e. The third-order valence-electron chi connectivity index (χ3n) is 3.56. The Kier molecular flexibility index (Phi) is 3.35. The summed E-state index contributed by atoms with van der Waals surface area (Å²) in [6.07, 6.45) is 0. The molecule has 0 aromatic heterocycles. The van der Waals surface area contributed by atoms with E-state index in [1.165, 1.54) is 45.9 Å². The highest BCUT2D eigenvalue weighted by molar-refractivity contribution is 6.07. The number of aliphatic carboxylic acids is 1. The molecule has 1 amide bonds. The van der Waals surface area contributed by atoms with Crippen LogP contribution in [0.2, 0.25) is 0 Å². The molecule has 1 aromatic carbocycles. The van der Waals surface area contributed by atoms with Gasteiger partial charge in [-0.25, -0.2) is 4.79 Å². The Balaban J connectivity index is 2.68. The van der Waals surface area contributed by atoms with Crippen molar-refractivity contribution >= 4 is 23.3 Å². The van der Waals surface area contributed by atoms with E-state index in [0.29, 0.717) is 0 Å². The van der Waals surface area contributed by atoms with Gasteiger partial charge in [0, 0.05) is 6.07 Å². The Bertz CT molecular complexity index is 680. The highest BCUT2D eigenvalue weighted by Crippen LogP contribution is 2.43. The summed E-state index contributed by atoms with van der Waals surface area (Å²) >= 11 is 0. The molecular formula is C14H16N2O6. The lowest BCUT2D eigenvalue weighted by atomic mass is 9.95. The van der Waals surface area contributed by atoms with Crippen molar-refractivity contribution in [3.63, 3.8) is 0 Å². The first-order valence-electron chi connectivity index (χ1n) is 6.54. The fourth-order valence-electron chi connectivity index (χ4n) is 2.23. The maximum absolute atomic E-state index is 12.6. The van der Waals surface area contributed by atoms with E-state index in [1.807, 2.05) is 0 Å². The van der Waals surface area contributed by atoms with Crippen LogP contribution in [-0.2, 0) is 9.59 Å². The van der Waals surface area contributed by atoms with E-state index in [-0.39, 0.29) is 17.1 Å². The summed E-state index contributed by atoms with van der Waals surface area (Å²) in [4.78, 5) is 35.5. The molecule has 22 heavy (non-hydrogen) atoms. The van der Waals surface area contributed by atoms with Crippen molar-refractivity contribution in [2.45, 2.75) is 38.8 Å². The summed E-state index contributed by atoms with van der Waals surface area (Å²) in [7, 11) is 0. The summed E-state index contributed by atoms with van der Waals surface area (Å²) < 4.78 is 5.54. The van der Waals surface area contributed by atoms with Crippen LogP contribution in [0.15, 0.2) is 18.2 Å². The lowest BCUT2D eigenvalue weighted by Gasteiger charge is -2.44. The van der Waals surface area contributed by atoms with Crippen molar-refractivity contribution in [1.29, 1.82) is 0 Å². The summed E-state index contributed by atoms with van der Waals surface area (Å²) in [6, 6.07) is 3.72. The van der Waals surface area contributed by atoms with Crippen LogP contribution < -0.4 is 9.64 Å². The second kappa shape index (κ2) is 4.69. The molecule has 0 bridgehead atoms. The number of ether oxygens (including phenoxy) is 1. The number of carbonyl (C=O) groups is 2. The van der Waals surface area contributed by atoms with Crippen LogP contribution in [0.1, 0.15) is 27.7 Å². The molecule has 0 saturated heterocycles. The van der Waals surface area contributed by atoms with Gasteiger partial charge in [0.2, 0.25) is 0 Å². The Morgan fingerprint density at radius 3 is 2.50 bits per heavy atom. The summed E-state index contributed by atoms with van der Waals surface area (Å²) in [5.41, 5.74) is -2.85. The number of non-ortho nitro benzene ring substituents is 1. The van der Waals surface area contributed by atoms with Crippen molar-refractivity contribution in [3.05, 3.63) is 28.3 Å². The molecule has 2 rings (SSSR count). The summed E-state index contributed by atoms with van der Waals surface area (Å²) in [6.45, 7) is 5.75. The van der Waals surface area contributed by atoms with E-state index in [4.69, 9.17) is 4.74 Å². The van der Waals surface area contributed by atoms with E-state index in [2.05, 4.69) is 0 Å². The zero-order chi connectivity index (χ0) is 16.9. The van der Waals surface area contributed by atoms with Crippen molar-refractivity contribution in [3.8, 4) is 5.75 Å². The minimum atomic E-state index is -1.52. The zero-order valence-corrected chi connectivity index (χ0v) is 12.6. The van der Waals surface area contributed by atoms with Crippen LogP contribution in [0.3, 0.4) is 0 Å². The highest BCUT2D eigenvalue weighted by atomic mass is 16.6. The van der Waals surface area contributed by atoms with Crippen molar-refractivity contribution < 1.29 is 24.4 Å². The number of hydrogen-bond acceptors (Lipinski definition) is 5. The molecular weight excluding hydrogens is 292 g/mol. The largest absolute Gasteiger partial charge is 0.480 e. The molecule has 0 unspecified atom stereocenters. The van der Waals surface area contributed by atoms with Gasteiger partial charge in [-0.15, -0.1) is 0 Å². The molecule has 0 spiro atoms. The number of nitro benzene ring substituents is 1. The number of benzene rings is 1. The predicted molar refractivity (Wildman–Crippen MR) is 77.0 cm³/mol. The fourth-order valence-corrected chi connectivity index (χ4v) is 2.23. The Morgan fingerprint density at radius 1 is 1.41 bits per heavy atom. The monoisotopic (exact) mass is 308 g/mol. The third kappa shape index (κ3) is 2.26. The number of rotatable bonds is 3. The molecule has 0 atom stereocenters. The Hall–Kier alpha value is -2.64. The topological polar surface area (TPSA) is 110 Å². The number of carbonyl (C=O) groups excluding carboxylic acids is 1. The fraction of sp³-hybridized carbons (Fsp3) is 0.429. The number of fused-ring (bicyclic) bond motifs is 1. The van der Waals surface area contributed by atoms with Gasteiger partial charge in [0.15, 0.2) is 11.4 Å². The van der Waals surface area contributed by atoms with Gasteiger partial charge in [-0.1, -0.05) is 0 Å². The first-order chi connectivity index (χ1) is 9.98. The molecule has 0 aliphatic carbocycles. The number of amides is 1. The van der Waals surface area contributed by atoms with Crippen LogP contribution in [-0.4, -0.2) is 33.0 Å². The van der Waals surface area contributed by atoms with Crippen molar-refractivity contribution in [1.82, 2.24) is 0 Å². The maximum atomic E-state index is 12.6. The molecule has 1 heterocycles. The summed E-state index contributed by atoms with van der Waals surface area (Å²) in [5.74, 6) is -1.61. The van der Waals surface area contributed by atoms with Crippen LogP contribution in [0.5, 0.6) is 5.75 Å². The van der Waals surface area contributed by atoms with Crippen molar-refractivity contribution in [2.75, 3.05) is 4.90 Å². The standard InChI is InChI=1S/C14H16N2O6/c1-13(2,12(18)19)15-9-6-5-8(16(20)21)7-10(9)22-14(3,4)11(15)17/h5-7H,1-4H3,(H,18,19). The first kappa shape index (κ1) is 15.7. The molecule has 1 aliphatic heterocycles. The van der Waals surface area contributed by atoms with Crippen molar-refractivity contribution in [2.24, 2.45) is 0 Å². The quantitative estimate of drug-likeness (QED) is 0.675. The molecule has 0 radical (unpaired) electrons. The van der Waals surface area contributed by atoms with Gasteiger partial charge < -0.3 is 9.84 Å². The number of anilines is 1. The van der Waals surface area contributed by atoms with Gasteiger partial charge in [-0.2, -0.15) is 0 Å². The Labute approximate surface area is 126 Å². The zero-order valence-electron chi connectivity index (χ0n) is 12.6. The number of nitrogens with zero attached hydrogens (tertiary/aromatic N) is 2. The van der Waals surface area contributed by atoms with Gasteiger partial charge in [0.25, 0.3) is 11.6 Å². The predicted octanol–water partition coefficient (Wildman–Crippen LogP) is 1.96. The second-order valence-electron chi connectivity index (χ2n) is 6.03. The normalized spacial score (nSPS) is 16.7. The third-order valence-corrected chi connectivity index (χ3v) is 3.56. The lowest BCUT2D eigenvalue weighted by molar-refractivity contribution is -0.385. The van der Waals surface area contributed by atoms with E-state index >= 15 is 0 Å². The number of hydrogen-bond donors (Lipinski definition) is 1. The van der Waals surface area contributed by atoms with Gasteiger partial charge >= 0.3 is 5.97 Å². The SMILES string of the molecule is CC1(C)Oc2cc([N+](=O)[O-])ccc2N(C(C)(C)C(=O)O)C1=O. The van der Waals surface area contributed by atoms with Crippen LogP contribution in [0.25, 0.3) is 0 Å². The molecule has 118 valence electrons. The van der Waals surface area contributed by atoms with E-state index in [9.17, 15) is 24.8 Å². The number of carboxylic acids is 1. The molecule has 8 nitrogen and oxygen atoms in total. The molecule has 1 N–H and O–H groups in total. The Morgan fingerprint density at radius 2 is 2.00 bits per heavy atom. The van der Waals surface area contributed by atoms with E-state index in [1.54, 1.807) is 0 Å². The minimum absolute atomic E-state index is 0.105. The second-order valence-corrected chi connectivity index (χ2v) is 6.03. The summed E-state index contributed by atoms with van der Waals surface area (Å²) in [5, 5.41) is 20.3. The van der Waals surface area contributed by atoms with Gasteiger partial charge in [0.1, 0.15) is 5.54 Å². The highest BCUT2D eigenvalue weighted by Gasteiger charge is 2.49. The molecule has 1 aromatic rings. The van der Waals surface area contributed by atoms with Crippen LogP contribution >= 0.6 is 0 Å². The van der Waals surface area contributed by atoms with Gasteiger partial charge in [-0.3, -0.25) is 19.8 Å². The molecule has 8 heteroatoms. The average molecular weight is 308 g/mol. The average Bonchev–Trinajstić information content (AvgIpc) is 2.38. The van der Waals surface area contributed by atoms with Crippen LogP contribution in [0, 0.1) is 10.1 Å². The van der Waals surface area contributed by atoms with E-state index in [0.717, 1.165) is 4.90 Å².